The molecule has 30 heavy (non-hydrogen) atoms. The van der Waals surface area contributed by atoms with Crippen LogP contribution in [0, 0.1) is 5.92 Å². The van der Waals surface area contributed by atoms with Crippen molar-refractivity contribution in [2.24, 2.45) is 5.92 Å². The van der Waals surface area contributed by atoms with E-state index in [2.05, 4.69) is 41.8 Å². The lowest BCUT2D eigenvalue weighted by Gasteiger charge is -2.42. The van der Waals surface area contributed by atoms with Crippen molar-refractivity contribution in [3.05, 3.63) is 54.1 Å². The number of phenols is 1. The van der Waals surface area contributed by atoms with E-state index >= 15 is 0 Å². The standard InChI is InChI=1S/C25H34N2O3/c1-19(2)16-29-17-21(26-13-5-6-14-26)15-27-23-7-3-4-8-25(23)30-18-24(27)20-9-11-22(28)12-10-20/h3-4,7-12,19,21,24,28H,5-6,13-18H2,1-2H3. The van der Waals surface area contributed by atoms with Crippen molar-refractivity contribution in [1.82, 2.24) is 4.90 Å². The van der Waals surface area contributed by atoms with Crippen molar-refractivity contribution >= 4 is 5.69 Å². The summed E-state index contributed by atoms with van der Waals surface area (Å²) in [5.41, 5.74) is 2.29. The lowest BCUT2D eigenvalue weighted by molar-refractivity contribution is 0.0553. The summed E-state index contributed by atoms with van der Waals surface area (Å²) in [4.78, 5) is 5.07. The smallest absolute Gasteiger partial charge is 0.142 e. The number of rotatable bonds is 8. The van der Waals surface area contributed by atoms with E-state index in [1.807, 2.05) is 18.2 Å². The molecule has 1 N–H and O–H groups in total. The number of benzene rings is 2. The first kappa shape index (κ1) is 21.0. The van der Waals surface area contributed by atoms with Crippen LogP contribution < -0.4 is 9.64 Å². The molecule has 1 saturated heterocycles. The topological polar surface area (TPSA) is 45.2 Å². The predicted octanol–water partition coefficient (Wildman–Crippen LogP) is 4.47. The van der Waals surface area contributed by atoms with E-state index in [0.29, 0.717) is 24.3 Å². The lowest BCUT2D eigenvalue weighted by atomic mass is 10.0. The number of ether oxygens (including phenoxy) is 2. The normalized spacial score (nSPS) is 20.2. The minimum Gasteiger partial charge on any atom is -0.508 e. The third-order valence-electron chi connectivity index (χ3n) is 6.05. The first-order chi connectivity index (χ1) is 14.6. The van der Waals surface area contributed by atoms with Crippen LogP contribution in [0.4, 0.5) is 5.69 Å². The van der Waals surface area contributed by atoms with Crippen LogP contribution in [0.2, 0.25) is 0 Å². The molecule has 0 aromatic heterocycles. The summed E-state index contributed by atoms with van der Waals surface area (Å²) in [6.45, 7) is 9.72. The summed E-state index contributed by atoms with van der Waals surface area (Å²) in [5, 5.41) is 9.74. The molecule has 2 aliphatic heterocycles. The van der Waals surface area contributed by atoms with Gasteiger partial charge in [0, 0.05) is 13.2 Å². The van der Waals surface area contributed by atoms with E-state index < -0.39 is 0 Å². The summed E-state index contributed by atoms with van der Waals surface area (Å²) in [6, 6.07) is 16.3. The molecule has 0 bridgehead atoms. The third kappa shape index (κ3) is 4.90. The van der Waals surface area contributed by atoms with Crippen LogP contribution in [0.1, 0.15) is 38.3 Å². The largest absolute Gasteiger partial charge is 0.508 e. The molecule has 2 aromatic rings. The van der Waals surface area contributed by atoms with E-state index in [1.165, 1.54) is 12.8 Å². The predicted molar refractivity (Wildman–Crippen MR) is 120 cm³/mol. The Hall–Kier alpha value is -2.24. The second kappa shape index (κ2) is 9.71. The zero-order valence-electron chi connectivity index (χ0n) is 18.2. The van der Waals surface area contributed by atoms with Crippen molar-refractivity contribution in [2.45, 2.75) is 38.8 Å². The van der Waals surface area contributed by atoms with E-state index in [4.69, 9.17) is 9.47 Å². The Morgan fingerprint density at radius 1 is 1.03 bits per heavy atom. The van der Waals surface area contributed by atoms with Gasteiger partial charge in [-0.05, 0) is 61.7 Å². The fraction of sp³-hybridized carbons (Fsp3) is 0.520. The van der Waals surface area contributed by atoms with Gasteiger partial charge in [-0.1, -0.05) is 38.1 Å². The van der Waals surface area contributed by atoms with Gasteiger partial charge >= 0.3 is 0 Å². The number of hydrogen-bond donors (Lipinski definition) is 1. The maximum absolute atomic E-state index is 9.74. The average molecular weight is 411 g/mol. The van der Waals surface area contributed by atoms with Gasteiger partial charge in [-0.3, -0.25) is 4.90 Å². The number of anilines is 1. The fourth-order valence-electron chi connectivity index (χ4n) is 4.49. The second-order valence-corrected chi connectivity index (χ2v) is 8.87. The van der Waals surface area contributed by atoms with Crippen molar-refractivity contribution in [3.63, 3.8) is 0 Å². The summed E-state index contributed by atoms with van der Waals surface area (Å²) >= 11 is 0. The molecule has 0 radical (unpaired) electrons. The fourth-order valence-corrected chi connectivity index (χ4v) is 4.49. The van der Waals surface area contributed by atoms with Crippen LogP contribution in [0.5, 0.6) is 11.5 Å². The molecule has 2 atom stereocenters. The van der Waals surface area contributed by atoms with Gasteiger partial charge < -0.3 is 19.5 Å². The molecule has 4 rings (SSSR count). The molecule has 2 unspecified atom stereocenters. The number of para-hydroxylation sites is 2. The van der Waals surface area contributed by atoms with Gasteiger partial charge in [-0.15, -0.1) is 0 Å². The molecule has 5 heteroatoms. The van der Waals surface area contributed by atoms with E-state index in [-0.39, 0.29) is 6.04 Å². The average Bonchev–Trinajstić information content (AvgIpc) is 3.28. The Morgan fingerprint density at radius 2 is 1.77 bits per heavy atom. The third-order valence-corrected chi connectivity index (χ3v) is 6.05. The first-order valence-corrected chi connectivity index (χ1v) is 11.2. The van der Waals surface area contributed by atoms with E-state index in [9.17, 15) is 5.11 Å². The van der Waals surface area contributed by atoms with Gasteiger partial charge in [-0.25, -0.2) is 0 Å². The van der Waals surface area contributed by atoms with Crippen molar-refractivity contribution in [3.8, 4) is 11.5 Å². The minimum atomic E-state index is 0.107. The molecule has 162 valence electrons. The zero-order chi connectivity index (χ0) is 20.9. The van der Waals surface area contributed by atoms with Gasteiger partial charge in [0.25, 0.3) is 0 Å². The molecule has 2 aromatic carbocycles. The summed E-state index contributed by atoms with van der Waals surface area (Å²) in [7, 11) is 0. The first-order valence-electron chi connectivity index (χ1n) is 11.2. The molecule has 5 nitrogen and oxygen atoms in total. The maximum Gasteiger partial charge on any atom is 0.142 e. The number of likely N-dealkylation sites (tertiary alicyclic amines) is 1. The molecule has 1 fully saturated rings. The highest BCUT2D eigenvalue weighted by atomic mass is 16.5. The van der Waals surface area contributed by atoms with Crippen LogP contribution in [0.25, 0.3) is 0 Å². The van der Waals surface area contributed by atoms with Crippen LogP contribution in [-0.4, -0.2) is 55.5 Å². The van der Waals surface area contributed by atoms with Crippen LogP contribution in [-0.2, 0) is 4.74 Å². The van der Waals surface area contributed by atoms with Crippen molar-refractivity contribution < 1.29 is 14.6 Å². The number of phenolic OH excluding ortho intramolecular Hbond substituents is 1. The van der Waals surface area contributed by atoms with Crippen LogP contribution in [0.15, 0.2) is 48.5 Å². The molecule has 2 heterocycles. The highest BCUT2D eigenvalue weighted by Gasteiger charge is 2.33. The zero-order valence-corrected chi connectivity index (χ0v) is 18.2. The Kier molecular flexibility index (Phi) is 6.80. The summed E-state index contributed by atoms with van der Waals surface area (Å²) in [5.74, 6) is 1.77. The number of fused-ring (bicyclic) bond motifs is 1. The number of hydrogen-bond acceptors (Lipinski definition) is 5. The summed E-state index contributed by atoms with van der Waals surface area (Å²) in [6.07, 6.45) is 2.53. The van der Waals surface area contributed by atoms with Gasteiger partial charge in [0.1, 0.15) is 18.1 Å². The highest BCUT2D eigenvalue weighted by molar-refractivity contribution is 5.61. The Bertz CT molecular complexity index is 802. The SMILES string of the molecule is CC(C)COCC(CN1c2ccccc2OCC1c1ccc(O)cc1)N1CCCC1. The second-order valence-electron chi connectivity index (χ2n) is 8.87. The maximum atomic E-state index is 9.74. The Balaban J connectivity index is 1.60. The van der Waals surface area contributed by atoms with Gasteiger partial charge in [0.05, 0.1) is 24.4 Å². The molecule has 2 aliphatic rings. The van der Waals surface area contributed by atoms with E-state index in [0.717, 1.165) is 49.8 Å². The lowest BCUT2D eigenvalue weighted by Crippen LogP contribution is -2.49. The Labute approximate surface area is 180 Å². The number of nitrogens with zero attached hydrogens (tertiary/aromatic N) is 2. The molecule has 0 amide bonds. The van der Waals surface area contributed by atoms with Crippen LogP contribution in [0.3, 0.4) is 0 Å². The van der Waals surface area contributed by atoms with E-state index in [1.54, 1.807) is 12.1 Å². The molecular formula is C25H34N2O3. The van der Waals surface area contributed by atoms with Crippen molar-refractivity contribution in [2.75, 3.05) is 44.4 Å². The Morgan fingerprint density at radius 3 is 2.50 bits per heavy atom. The highest BCUT2D eigenvalue weighted by Crippen LogP contribution is 2.40. The minimum absolute atomic E-state index is 0.107. The summed E-state index contributed by atoms with van der Waals surface area (Å²) < 4.78 is 12.2. The van der Waals surface area contributed by atoms with Crippen molar-refractivity contribution in [1.29, 1.82) is 0 Å². The molecular weight excluding hydrogens is 376 g/mol. The monoisotopic (exact) mass is 410 g/mol. The van der Waals surface area contributed by atoms with Gasteiger partial charge in [0.2, 0.25) is 0 Å². The molecule has 0 saturated carbocycles. The molecule has 0 spiro atoms. The van der Waals surface area contributed by atoms with Gasteiger partial charge in [-0.2, -0.15) is 0 Å². The molecule has 0 aliphatic carbocycles. The quantitative estimate of drug-likeness (QED) is 0.696. The number of aromatic hydroxyl groups is 1. The van der Waals surface area contributed by atoms with Crippen LogP contribution >= 0.6 is 0 Å². The van der Waals surface area contributed by atoms with Gasteiger partial charge in [0.15, 0.2) is 0 Å².